The maximum Gasteiger partial charge on any atom is 0.338 e. The van der Waals surface area contributed by atoms with E-state index in [2.05, 4.69) is 21.3 Å². The third kappa shape index (κ3) is 2.70. The van der Waals surface area contributed by atoms with Crippen LogP contribution in [0.5, 0.6) is 5.75 Å². The van der Waals surface area contributed by atoms with Gasteiger partial charge in [-0.3, -0.25) is 0 Å². The molecular formula is C17H16N4O3. The van der Waals surface area contributed by atoms with Crippen molar-refractivity contribution in [2.75, 3.05) is 19.0 Å². The molecule has 1 aliphatic heterocycles. The summed E-state index contributed by atoms with van der Waals surface area (Å²) < 4.78 is 12.0. The summed E-state index contributed by atoms with van der Waals surface area (Å²) >= 11 is 0. The number of fused-ring (bicyclic) bond motifs is 1. The molecular weight excluding hydrogens is 308 g/mol. The molecule has 1 aliphatic rings. The summed E-state index contributed by atoms with van der Waals surface area (Å²) in [6.07, 6.45) is 6.63. The zero-order valence-electron chi connectivity index (χ0n) is 13.3. The number of hydrogen-bond acceptors (Lipinski definition) is 6. The van der Waals surface area contributed by atoms with Gasteiger partial charge in [0.2, 0.25) is 5.95 Å². The van der Waals surface area contributed by atoms with E-state index < -0.39 is 12.0 Å². The highest BCUT2D eigenvalue weighted by molar-refractivity contribution is 5.92. The lowest BCUT2D eigenvalue weighted by atomic mass is 9.96. The van der Waals surface area contributed by atoms with Crippen molar-refractivity contribution in [3.8, 4) is 18.1 Å². The van der Waals surface area contributed by atoms with Crippen LogP contribution in [-0.2, 0) is 9.53 Å². The van der Waals surface area contributed by atoms with E-state index in [-0.39, 0.29) is 6.61 Å². The lowest BCUT2D eigenvalue weighted by Crippen LogP contribution is -2.29. The summed E-state index contributed by atoms with van der Waals surface area (Å²) in [5.41, 5.74) is 2.02. The van der Waals surface area contributed by atoms with E-state index in [1.54, 1.807) is 16.8 Å². The minimum absolute atomic E-state index is 0.201. The Kier molecular flexibility index (Phi) is 4.20. The minimum atomic E-state index is -0.433. The Labute approximate surface area is 139 Å². The molecule has 1 N–H and O–H groups in total. The molecule has 3 rings (SSSR count). The fourth-order valence-electron chi connectivity index (χ4n) is 2.64. The number of nitrogens with one attached hydrogen (secondary N) is 1. The molecule has 1 aromatic heterocycles. The summed E-state index contributed by atoms with van der Waals surface area (Å²) in [7, 11) is 1.35. The number of carbonyl (C=O) groups is 1. The van der Waals surface area contributed by atoms with Gasteiger partial charge in [-0.25, -0.2) is 9.48 Å². The Bertz CT molecular complexity index is 830. The summed E-state index contributed by atoms with van der Waals surface area (Å²) in [6, 6.07) is 6.90. The van der Waals surface area contributed by atoms with Gasteiger partial charge in [0, 0.05) is 5.70 Å². The van der Waals surface area contributed by atoms with Gasteiger partial charge in [-0.15, -0.1) is 6.42 Å². The van der Waals surface area contributed by atoms with Crippen LogP contribution in [-0.4, -0.2) is 34.5 Å². The molecule has 0 saturated heterocycles. The van der Waals surface area contributed by atoms with Crippen LogP contribution in [0.1, 0.15) is 18.5 Å². The third-order valence-electron chi connectivity index (χ3n) is 3.72. The second kappa shape index (κ2) is 6.46. The highest BCUT2D eigenvalue weighted by Gasteiger charge is 2.33. The number of aromatic nitrogens is 3. The monoisotopic (exact) mass is 324 g/mol. The van der Waals surface area contributed by atoms with Gasteiger partial charge < -0.3 is 14.8 Å². The first kappa shape index (κ1) is 15.6. The van der Waals surface area contributed by atoms with Gasteiger partial charge in [0.1, 0.15) is 24.7 Å². The van der Waals surface area contributed by atoms with Crippen LogP contribution < -0.4 is 10.1 Å². The predicted octanol–water partition coefficient (Wildman–Crippen LogP) is 1.75. The van der Waals surface area contributed by atoms with Crippen molar-refractivity contribution < 1.29 is 14.3 Å². The van der Waals surface area contributed by atoms with E-state index in [0.717, 1.165) is 5.56 Å². The average Bonchev–Trinajstić information content (AvgIpc) is 3.06. The molecule has 0 bridgehead atoms. The van der Waals surface area contributed by atoms with Gasteiger partial charge in [0.05, 0.1) is 12.7 Å². The Morgan fingerprint density at radius 3 is 2.83 bits per heavy atom. The zero-order valence-corrected chi connectivity index (χ0v) is 13.3. The Balaban J connectivity index is 2.03. The molecule has 0 aliphatic carbocycles. The summed E-state index contributed by atoms with van der Waals surface area (Å²) in [5.74, 6) is 3.22. The van der Waals surface area contributed by atoms with Crippen LogP contribution in [0.15, 0.2) is 41.9 Å². The predicted molar refractivity (Wildman–Crippen MR) is 87.3 cm³/mol. The van der Waals surface area contributed by atoms with E-state index in [1.807, 2.05) is 19.1 Å². The van der Waals surface area contributed by atoms with Gasteiger partial charge in [0.15, 0.2) is 0 Å². The smallest absolute Gasteiger partial charge is 0.338 e. The van der Waals surface area contributed by atoms with Gasteiger partial charge in [0.25, 0.3) is 0 Å². The molecule has 1 unspecified atom stereocenters. The fourth-order valence-corrected chi connectivity index (χ4v) is 2.64. The Morgan fingerprint density at radius 1 is 1.42 bits per heavy atom. The lowest BCUT2D eigenvalue weighted by Gasteiger charge is -2.27. The summed E-state index contributed by atoms with van der Waals surface area (Å²) in [4.78, 5) is 16.4. The molecule has 0 radical (unpaired) electrons. The van der Waals surface area contributed by atoms with E-state index in [4.69, 9.17) is 15.9 Å². The summed E-state index contributed by atoms with van der Waals surface area (Å²) in [5, 5.41) is 7.30. The van der Waals surface area contributed by atoms with Gasteiger partial charge >= 0.3 is 5.97 Å². The molecule has 2 heterocycles. The van der Waals surface area contributed by atoms with Gasteiger partial charge in [-0.05, 0) is 24.6 Å². The number of ether oxygens (including phenoxy) is 2. The number of esters is 1. The lowest BCUT2D eigenvalue weighted by molar-refractivity contribution is -0.136. The van der Waals surface area contributed by atoms with Crippen LogP contribution in [0, 0.1) is 12.3 Å². The largest absolute Gasteiger partial charge is 0.481 e. The zero-order chi connectivity index (χ0) is 17.1. The van der Waals surface area contributed by atoms with Crippen molar-refractivity contribution in [3.63, 3.8) is 0 Å². The number of terminal acetylenes is 1. The molecule has 2 aromatic rings. The molecule has 0 saturated carbocycles. The van der Waals surface area contributed by atoms with Crippen molar-refractivity contribution in [2.45, 2.75) is 13.0 Å². The van der Waals surface area contributed by atoms with E-state index in [1.165, 1.54) is 13.4 Å². The SMILES string of the molecule is C#CCOc1ccc(C2C(C(=O)OC)=C(C)Nc3ncnn32)cc1. The molecule has 1 atom stereocenters. The highest BCUT2D eigenvalue weighted by Crippen LogP contribution is 2.35. The number of rotatable bonds is 4. The fraction of sp³-hybridized carbons (Fsp3) is 0.235. The van der Waals surface area contributed by atoms with E-state index >= 15 is 0 Å². The standard InChI is InChI=1S/C17H16N4O3/c1-4-9-24-13-7-5-12(6-8-13)15-14(16(22)23-3)11(2)20-17-18-10-19-21(15)17/h1,5-8,10,15H,9H2,2-3H3,(H,18,19,20). The van der Waals surface area contributed by atoms with E-state index in [0.29, 0.717) is 23.0 Å². The van der Waals surface area contributed by atoms with E-state index in [9.17, 15) is 4.79 Å². The quantitative estimate of drug-likeness (QED) is 0.682. The molecule has 7 heteroatoms. The number of carbonyl (C=O) groups excluding carboxylic acids is 1. The normalized spacial score (nSPS) is 16.0. The Hall–Kier alpha value is -3.27. The summed E-state index contributed by atoms with van der Waals surface area (Å²) in [6.45, 7) is 2.01. The first-order valence-corrected chi connectivity index (χ1v) is 7.27. The number of methoxy groups -OCH3 is 1. The second-order valence-corrected chi connectivity index (χ2v) is 5.15. The first-order valence-electron chi connectivity index (χ1n) is 7.27. The van der Waals surface area contributed by atoms with Gasteiger partial charge in [-0.1, -0.05) is 18.1 Å². The van der Waals surface area contributed by atoms with Crippen LogP contribution >= 0.6 is 0 Å². The molecule has 122 valence electrons. The van der Waals surface area contributed by atoms with Crippen molar-refractivity contribution in [1.82, 2.24) is 14.8 Å². The van der Waals surface area contributed by atoms with Crippen molar-refractivity contribution in [1.29, 1.82) is 0 Å². The topological polar surface area (TPSA) is 78.3 Å². The van der Waals surface area contributed by atoms with Crippen LogP contribution in [0.3, 0.4) is 0 Å². The molecule has 0 spiro atoms. The van der Waals surface area contributed by atoms with Gasteiger partial charge in [-0.2, -0.15) is 10.1 Å². The van der Waals surface area contributed by atoms with Crippen molar-refractivity contribution >= 4 is 11.9 Å². The number of allylic oxidation sites excluding steroid dienone is 1. The van der Waals surface area contributed by atoms with Crippen LogP contribution in [0.4, 0.5) is 5.95 Å². The minimum Gasteiger partial charge on any atom is -0.481 e. The molecule has 0 fully saturated rings. The maximum atomic E-state index is 12.3. The molecule has 0 amide bonds. The third-order valence-corrected chi connectivity index (χ3v) is 3.72. The van der Waals surface area contributed by atoms with Crippen molar-refractivity contribution in [2.24, 2.45) is 0 Å². The molecule has 7 nitrogen and oxygen atoms in total. The molecule has 1 aromatic carbocycles. The average molecular weight is 324 g/mol. The maximum absolute atomic E-state index is 12.3. The van der Waals surface area contributed by atoms with Crippen LogP contribution in [0.2, 0.25) is 0 Å². The first-order chi connectivity index (χ1) is 11.7. The number of anilines is 1. The molecule has 24 heavy (non-hydrogen) atoms. The number of benzene rings is 1. The second-order valence-electron chi connectivity index (χ2n) is 5.15. The van der Waals surface area contributed by atoms with Crippen LogP contribution in [0.25, 0.3) is 0 Å². The highest BCUT2D eigenvalue weighted by atomic mass is 16.5. The number of nitrogens with zero attached hydrogens (tertiary/aromatic N) is 3. The van der Waals surface area contributed by atoms with Crippen molar-refractivity contribution in [3.05, 3.63) is 47.4 Å². The number of hydrogen-bond donors (Lipinski definition) is 1. The Morgan fingerprint density at radius 2 is 2.17 bits per heavy atom.